The molecule has 0 spiro atoms. The molecule has 29 heavy (non-hydrogen) atoms. The normalized spacial score (nSPS) is 14.9. The van der Waals surface area contributed by atoms with Crippen molar-refractivity contribution >= 4 is 23.7 Å². The number of benzene rings is 1. The largest absolute Gasteiger partial charge is 0.480 e. The lowest BCUT2D eigenvalue weighted by atomic mass is 9.98. The van der Waals surface area contributed by atoms with Gasteiger partial charge in [-0.05, 0) is 17.9 Å². The number of nitrogens with one attached hydrogen (secondary N) is 2. The lowest BCUT2D eigenvalue weighted by molar-refractivity contribution is -0.142. The summed E-state index contributed by atoms with van der Waals surface area (Å²) in [6, 6.07) is 5.89. The summed E-state index contributed by atoms with van der Waals surface area (Å²) in [7, 11) is 0. The molecule has 1 aromatic rings. The molecule has 0 fully saturated rings. The molecule has 3 amide bonds. The van der Waals surface area contributed by atoms with E-state index in [9.17, 15) is 24.3 Å². The number of aliphatic carboxylic acids is 1. The number of hydrogen-bond acceptors (Lipinski definition) is 5. The van der Waals surface area contributed by atoms with Gasteiger partial charge in [-0.2, -0.15) is 0 Å². The van der Waals surface area contributed by atoms with Crippen molar-refractivity contribution in [2.45, 2.75) is 57.7 Å². The van der Waals surface area contributed by atoms with Crippen LogP contribution in [0.2, 0.25) is 0 Å². The average Bonchev–Trinajstić information content (AvgIpc) is 2.69. The second kappa shape index (κ2) is 11.8. The zero-order valence-corrected chi connectivity index (χ0v) is 16.8. The van der Waals surface area contributed by atoms with Crippen LogP contribution in [-0.2, 0) is 25.6 Å². The molecule has 1 aromatic carbocycles. The van der Waals surface area contributed by atoms with Crippen molar-refractivity contribution in [1.82, 2.24) is 10.6 Å². The van der Waals surface area contributed by atoms with Crippen LogP contribution in [0.4, 0.5) is 0 Å². The van der Waals surface area contributed by atoms with Gasteiger partial charge in [0.2, 0.25) is 17.7 Å². The highest BCUT2D eigenvalue weighted by Crippen LogP contribution is 2.09. The molecule has 0 aliphatic carbocycles. The number of hydrogen-bond donors (Lipinski definition) is 5. The van der Waals surface area contributed by atoms with Crippen molar-refractivity contribution in [2.75, 3.05) is 0 Å². The fourth-order valence-electron chi connectivity index (χ4n) is 2.66. The quantitative estimate of drug-likeness (QED) is 0.326. The smallest absolute Gasteiger partial charge is 0.326 e. The summed E-state index contributed by atoms with van der Waals surface area (Å²) in [5.41, 5.74) is 11.8. The monoisotopic (exact) mass is 406 g/mol. The number of primary amides is 1. The van der Waals surface area contributed by atoms with Gasteiger partial charge in [0, 0.05) is 12.8 Å². The predicted octanol–water partition coefficient (Wildman–Crippen LogP) is -0.0778. The first-order valence-corrected chi connectivity index (χ1v) is 9.57. The number of carboxylic acids is 1. The Balaban J connectivity index is 2.95. The highest BCUT2D eigenvalue weighted by atomic mass is 16.4. The Morgan fingerprint density at radius 3 is 2.14 bits per heavy atom. The molecule has 9 heteroatoms. The number of carbonyl (C=O) groups excluding carboxylic acids is 3. The Hall–Kier alpha value is -2.94. The Bertz CT molecular complexity index is 710. The molecular weight excluding hydrogens is 376 g/mol. The van der Waals surface area contributed by atoms with Gasteiger partial charge in [0.15, 0.2) is 0 Å². The maximum absolute atomic E-state index is 12.8. The van der Waals surface area contributed by atoms with E-state index in [1.807, 2.05) is 19.9 Å². The van der Waals surface area contributed by atoms with Gasteiger partial charge in [0.25, 0.3) is 0 Å². The van der Waals surface area contributed by atoms with Gasteiger partial charge < -0.3 is 27.2 Å². The van der Waals surface area contributed by atoms with Crippen LogP contribution in [0, 0.1) is 5.92 Å². The zero-order chi connectivity index (χ0) is 22.0. The predicted molar refractivity (Wildman–Crippen MR) is 108 cm³/mol. The van der Waals surface area contributed by atoms with Crippen molar-refractivity contribution in [1.29, 1.82) is 0 Å². The molecule has 0 aliphatic heterocycles. The molecule has 0 saturated carbocycles. The zero-order valence-electron chi connectivity index (χ0n) is 16.8. The van der Waals surface area contributed by atoms with E-state index in [4.69, 9.17) is 11.5 Å². The van der Waals surface area contributed by atoms with Gasteiger partial charge >= 0.3 is 5.97 Å². The van der Waals surface area contributed by atoms with E-state index in [0.717, 1.165) is 5.56 Å². The molecule has 0 radical (unpaired) electrons. The molecule has 0 aromatic heterocycles. The Kier molecular flexibility index (Phi) is 9.81. The summed E-state index contributed by atoms with van der Waals surface area (Å²) < 4.78 is 0. The lowest BCUT2D eigenvalue weighted by Crippen LogP contribution is -2.56. The first-order valence-electron chi connectivity index (χ1n) is 9.57. The number of nitrogens with two attached hydrogens (primary N) is 2. The molecule has 0 saturated heterocycles. The van der Waals surface area contributed by atoms with Gasteiger partial charge in [0.1, 0.15) is 12.1 Å². The topological polar surface area (TPSA) is 165 Å². The van der Waals surface area contributed by atoms with Gasteiger partial charge in [-0.15, -0.1) is 0 Å². The van der Waals surface area contributed by atoms with E-state index >= 15 is 0 Å². The van der Waals surface area contributed by atoms with E-state index in [0.29, 0.717) is 6.42 Å². The van der Waals surface area contributed by atoms with E-state index in [1.54, 1.807) is 24.3 Å². The number of rotatable bonds is 12. The number of amides is 3. The molecule has 1 rings (SSSR count). The average molecular weight is 406 g/mol. The molecular formula is C20H30N4O5. The molecule has 9 nitrogen and oxygen atoms in total. The Morgan fingerprint density at radius 2 is 1.62 bits per heavy atom. The number of carbonyl (C=O) groups is 4. The summed E-state index contributed by atoms with van der Waals surface area (Å²) in [6.45, 7) is 3.74. The second-order valence-corrected chi connectivity index (χ2v) is 7.07. The third kappa shape index (κ3) is 8.30. The van der Waals surface area contributed by atoms with E-state index < -0.39 is 41.8 Å². The Morgan fingerprint density at radius 1 is 1.03 bits per heavy atom. The van der Waals surface area contributed by atoms with Gasteiger partial charge in [0.05, 0.1) is 6.04 Å². The van der Waals surface area contributed by atoms with Crippen LogP contribution in [-0.4, -0.2) is 46.9 Å². The summed E-state index contributed by atoms with van der Waals surface area (Å²) in [5.74, 6) is -3.20. The summed E-state index contributed by atoms with van der Waals surface area (Å²) in [4.78, 5) is 47.6. The van der Waals surface area contributed by atoms with Crippen LogP contribution in [0.5, 0.6) is 0 Å². The standard InChI is InChI=1S/C20H30N4O5/c1-3-12(2)17(22)19(27)24-15(11-13-7-5-4-6-8-13)18(26)23-14(20(28)29)9-10-16(21)25/h4-8,12,14-15,17H,3,9-11,22H2,1-2H3,(H2,21,25)(H,23,26)(H,24,27)(H,28,29)/t12-,14-,15-,17-/m0/s1. The molecule has 0 aliphatic rings. The first-order chi connectivity index (χ1) is 13.6. The van der Waals surface area contributed by atoms with Gasteiger partial charge in [-0.1, -0.05) is 50.6 Å². The van der Waals surface area contributed by atoms with Crippen LogP contribution in [0.25, 0.3) is 0 Å². The van der Waals surface area contributed by atoms with Crippen LogP contribution in [0.1, 0.15) is 38.7 Å². The summed E-state index contributed by atoms with van der Waals surface area (Å²) in [6.07, 6.45) is 0.521. The minimum atomic E-state index is -1.30. The third-order valence-corrected chi connectivity index (χ3v) is 4.77. The third-order valence-electron chi connectivity index (χ3n) is 4.77. The van der Waals surface area contributed by atoms with Crippen LogP contribution >= 0.6 is 0 Å². The first kappa shape index (κ1) is 24.1. The van der Waals surface area contributed by atoms with Crippen molar-refractivity contribution in [2.24, 2.45) is 17.4 Å². The summed E-state index contributed by atoms with van der Waals surface area (Å²) >= 11 is 0. The molecule has 160 valence electrons. The van der Waals surface area contributed by atoms with Crippen LogP contribution in [0.3, 0.4) is 0 Å². The molecule has 4 atom stereocenters. The maximum atomic E-state index is 12.8. The maximum Gasteiger partial charge on any atom is 0.326 e. The van der Waals surface area contributed by atoms with Crippen molar-refractivity contribution in [3.8, 4) is 0 Å². The highest BCUT2D eigenvalue weighted by molar-refractivity contribution is 5.92. The summed E-state index contributed by atoms with van der Waals surface area (Å²) in [5, 5.41) is 14.3. The van der Waals surface area contributed by atoms with E-state index in [-0.39, 0.29) is 25.2 Å². The highest BCUT2D eigenvalue weighted by Gasteiger charge is 2.29. The fraction of sp³-hybridized carbons (Fsp3) is 0.500. The molecule has 0 unspecified atom stereocenters. The minimum absolute atomic E-state index is 0.0854. The fourth-order valence-corrected chi connectivity index (χ4v) is 2.66. The second-order valence-electron chi connectivity index (χ2n) is 7.07. The molecule has 7 N–H and O–H groups in total. The van der Waals surface area contributed by atoms with Gasteiger partial charge in [-0.3, -0.25) is 14.4 Å². The van der Waals surface area contributed by atoms with Crippen molar-refractivity contribution in [3.63, 3.8) is 0 Å². The van der Waals surface area contributed by atoms with E-state index in [1.165, 1.54) is 0 Å². The van der Waals surface area contributed by atoms with Crippen LogP contribution in [0.15, 0.2) is 30.3 Å². The molecule has 0 heterocycles. The molecule has 0 bridgehead atoms. The number of carboxylic acid groups (broad SMARTS) is 1. The van der Waals surface area contributed by atoms with Crippen molar-refractivity contribution < 1.29 is 24.3 Å². The van der Waals surface area contributed by atoms with Crippen LogP contribution < -0.4 is 22.1 Å². The Labute approximate surface area is 170 Å². The van der Waals surface area contributed by atoms with E-state index in [2.05, 4.69) is 10.6 Å². The van der Waals surface area contributed by atoms with Gasteiger partial charge in [-0.25, -0.2) is 4.79 Å². The minimum Gasteiger partial charge on any atom is -0.480 e. The SMILES string of the molecule is CC[C@H](C)[C@H](N)C(=O)N[C@@H](Cc1ccccc1)C(=O)N[C@@H](CCC(N)=O)C(=O)O. The lowest BCUT2D eigenvalue weighted by Gasteiger charge is -2.24. The van der Waals surface area contributed by atoms with Crippen molar-refractivity contribution in [3.05, 3.63) is 35.9 Å².